The smallest absolute Gasteiger partial charge is 0.224 e. The molecule has 1 aromatic carbocycles. The van der Waals surface area contributed by atoms with Crippen LogP contribution in [0, 0.1) is 0 Å². The minimum absolute atomic E-state index is 0.0731. The highest BCUT2D eigenvalue weighted by atomic mass is 35.5. The molecule has 0 heterocycles. The van der Waals surface area contributed by atoms with E-state index in [0.29, 0.717) is 18.0 Å². The second-order valence-electron chi connectivity index (χ2n) is 3.55. The first-order valence-corrected chi connectivity index (χ1v) is 5.87. The molecule has 0 saturated carbocycles. The third-order valence-electron chi connectivity index (χ3n) is 2.23. The van der Waals surface area contributed by atoms with Gasteiger partial charge in [0, 0.05) is 18.0 Å². The molecule has 0 unspecified atom stereocenters. The summed E-state index contributed by atoms with van der Waals surface area (Å²) in [5.41, 5.74) is 0.650. The third kappa shape index (κ3) is 4.53. The summed E-state index contributed by atoms with van der Waals surface area (Å²) >= 11 is 5.52. The molecular weight excluding hydrogens is 226 g/mol. The molecule has 0 aromatic heterocycles. The largest absolute Gasteiger partial charge is 0.508 e. The summed E-state index contributed by atoms with van der Waals surface area (Å²) in [7, 11) is 0. The fraction of sp³-hybridized carbons (Fsp3) is 0.417. The van der Waals surface area contributed by atoms with Crippen LogP contribution in [-0.4, -0.2) is 23.4 Å². The maximum Gasteiger partial charge on any atom is 0.224 e. The summed E-state index contributed by atoms with van der Waals surface area (Å²) in [5.74, 6) is 0.712. The highest BCUT2D eigenvalue weighted by molar-refractivity contribution is 6.17. The molecule has 0 fully saturated rings. The molecule has 0 aliphatic carbocycles. The number of unbranched alkanes of at least 4 members (excludes halogenated alkanes) is 1. The van der Waals surface area contributed by atoms with Gasteiger partial charge in [0.25, 0.3) is 0 Å². The van der Waals surface area contributed by atoms with Crippen molar-refractivity contribution in [3.8, 4) is 5.75 Å². The van der Waals surface area contributed by atoms with Gasteiger partial charge in [0.2, 0.25) is 5.91 Å². The van der Waals surface area contributed by atoms with E-state index in [2.05, 4.69) is 5.32 Å². The van der Waals surface area contributed by atoms with Crippen LogP contribution in [0.2, 0.25) is 0 Å². The lowest BCUT2D eigenvalue weighted by molar-refractivity contribution is -0.120. The second-order valence-corrected chi connectivity index (χ2v) is 3.93. The van der Waals surface area contributed by atoms with Crippen molar-refractivity contribution >= 4 is 17.5 Å². The molecule has 2 N–H and O–H groups in total. The predicted molar refractivity (Wildman–Crippen MR) is 64.8 cm³/mol. The molecule has 16 heavy (non-hydrogen) atoms. The lowest BCUT2D eigenvalue weighted by Crippen LogP contribution is -2.26. The Balaban J connectivity index is 2.32. The fourth-order valence-corrected chi connectivity index (χ4v) is 1.53. The van der Waals surface area contributed by atoms with Crippen LogP contribution in [0.4, 0.5) is 0 Å². The van der Waals surface area contributed by atoms with Crippen LogP contribution in [0.5, 0.6) is 5.75 Å². The van der Waals surface area contributed by atoms with Crippen molar-refractivity contribution in [3.05, 3.63) is 29.8 Å². The molecule has 88 valence electrons. The van der Waals surface area contributed by atoms with E-state index in [9.17, 15) is 9.90 Å². The van der Waals surface area contributed by atoms with Gasteiger partial charge in [-0.15, -0.1) is 11.6 Å². The summed E-state index contributed by atoms with van der Waals surface area (Å²) in [5, 5.41) is 12.3. The number of benzene rings is 1. The summed E-state index contributed by atoms with van der Waals surface area (Å²) in [6.07, 6.45) is 2.00. The molecule has 0 aliphatic rings. The summed E-state index contributed by atoms with van der Waals surface area (Å²) in [6.45, 7) is 0.638. The van der Waals surface area contributed by atoms with Gasteiger partial charge in [-0.25, -0.2) is 0 Å². The molecule has 1 rings (SSSR count). The standard InChI is InChI=1S/C12H16ClNO2/c13-7-3-4-8-14-12(16)9-10-5-1-2-6-11(10)15/h1-2,5-6,15H,3-4,7-9H2,(H,14,16). The van der Waals surface area contributed by atoms with Gasteiger partial charge < -0.3 is 10.4 Å². The average Bonchev–Trinajstić information content (AvgIpc) is 2.28. The Morgan fingerprint density at radius 3 is 2.75 bits per heavy atom. The van der Waals surface area contributed by atoms with E-state index in [4.69, 9.17) is 11.6 Å². The van der Waals surface area contributed by atoms with Gasteiger partial charge in [-0.1, -0.05) is 18.2 Å². The summed E-state index contributed by atoms with van der Waals surface area (Å²) < 4.78 is 0. The van der Waals surface area contributed by atoms with E-state index in [1.807, 2.05) is 0 Å². The first-order chi connectivity index (χ1) is 7.74. The first-order valence-electron chi connectivity index (χ1n) is 5.33. The van der Waals surface area contributed by atoms with Gasteiger partial charge in [0.05, 0.1) is 6.42 Å². The SMILES string of the molecule is O=C(Cc1ccccc1O)NCCCCCl. The van der Waals surface area contributed by atoms with Crippen molar-refractivity contribution in [1.29, 1.82) is 0 Å². The Labute approximate surface area is 100 Å². The number of halogens is 1. The molecule has 0 atom stereocenters. The lowest BCUT2D eigenvalue weighted by Gasteiger charge is -2.05. The maximum atomic E-state index is 11.5. The van der Waals surface area contributed by atoms with E-state index >= 15 is 0 Å². The molecular formula is C12H16ClNO2. The number of phenolic OH excluding ortho intramolecular Hbond substituents is 1. The van der Waals surface area contributed by atoms with Gasteiger partial charge in [-0.3, -0.25) is 4.79 Å². The summed E-state index contributed by atoms with van der Waals surface area (Å²) in [4.78, 5) is 11.5. The van der Waals surface area contributed by atoms with E-state index in [1.54, 1.807) is 24.3 Å². The monoisotopic (exact) mass is 241 g/mol. The zero-order chi connectivity index (χ0) is 11.8. The second kappa shape index (κ2) is 7.12. The Kier molecular flexibility index (Phi) is 5.72. The quantitative estimate of drug-likeness (QED) is 0.592. The Morgan fingerprint density at radius 1 is 1.31 bits per heavy atom. The molecule has 0 radical (unpaired) electrons. The van der Waals surface area contributed by atoms with Crippen LogP contribution in [0.25, 0.3) is 0 Å². The van der Waals surface area contributed by atoms with Crippen LogP contribution in [0.15, 0.2) is 24.3 Å². The van der Waals surface area contributed by atoms with Gasteiger partial charge in [0.1, 0.15) is 5.75 Å². The van der Waals surface area contributed by atoms with Gasteiger partial charge >= 0.3 is 0 Å². The highest BCUT2D eigenvalue weighted by Crippen LogP contribution is 2.15. The van der Waals surface area contributed by atoms with Crippen LogP contribution in [-0.2, 0) is 11.2 Å². The maximum absolute atomic E-state index is 11.5. The minimum Gasteiger partial charge on any atom is -0.508 e. The van der Waals surface area contributed by atoms with Crippen molar-refractivity contribution < 1.29 is 9.90 Å². The minimum atomic E-state index is -0.0731. The lowest BCUT2D eigenvalue weighted by atomic mass is 10.1. The number of alkyl halides is 1. The zero-order valence-electron chi connectivity index (χ0n) is 9.08. The first kappa shape index (κ1) is 12.8. The Morgan fingerprint density at radius 2 is 2.06 bits per heavy atom. The number of aromatic hydroxyl groups is 1. The van der Waals surface area contributed by atoms with Crippen molar-refractivity contribution in [2.24, 2.45) is 0 Å². The van der Waals surface area contributed by atoms with Crippen LogP contribution in [0.1, 0.15) is 18.4 Å². The van der Waals surface area contributed by atoms with Crippen LogP contribution in [0.3, 0.4) is 0 Å². The van der Waals surface area contributed by atoms with Crippen molar-refractivity contribution in [3.63, 3.8) is 0 Å². The molecule has 4 heteroatoms. The highest BCUT2D eigenvalue weighted by Gasteiger charge is 2.05. The molecule has 0 spiro atoms. The number of amides is 1. The number of hydrogen-bond acceptors (Lipinski definition) is 2. The molecule has 1 amide bonds. The van der Waals surface area contributed by atoms with Crippen molar-refractivity contribution in [2.75, 3.05) is 12.4 Å². The molecule has 3 nitrogen and oxygen atoms in total. The van der Waals surface area contributed by atoms with Crippen LogP contribution >= 0.6 is 11.6 Å². The number of rotatable bonds is 6. The molecule has 0 bridgehead atoms. The number of phenols is 1. The number of carbonyl (C=O) groups is 1. The zero-order valence-corrected chi connectivity index (χ0v) is 9.83. The fourth-order valence-electron chi connectivity index (χ4n) is 1.34. The van der Waals surface area contributed by atoms with Gasteiger partial charge in [0.15, 0.2) is 0 Å². The molecule has 0 aliphatic heterocycles. The van der Waals surface area contributed by atoms with Gasteiger partial charge in [-0.2, -0.15) is 0 Å². The number of nitrogens with one attached hydrogen (secondary N) is 1. The Hall–Kier alpha value is -1.22. The predicted octanol–water partition coefficient (Wildman–Crippen LogP) is 2.07. The third-order valence-corrected chi connectivity index (χ3v) is 2.49. The van der Waals surface area contributed by atoms with Crippen molar-refractivity contribution in [2.45, 2.75) is 19.3 Å². The van der Waals surface area contributed by atoms with E-state index < -0.39 is 0 Å². The van der Waals surface area contributed by atoms with E-state index in [1.165, 1.54) is 0 Å². The van der Waals surface area contributed by atoms with Crippen LogP contribution < -0.4 is 5.32 Å². The van der Waals surface area contributed by atoms with E-state index in [0.717, 1.165) is 12.8 Å². The topological polar surface area (TPSA) is 49.3 Å². The molecule has 0 saturated heterocycles. The van der Waals surface area contributed by atoms with Gasteiger partial charge in [-0.05, 0) is 18.9 Å². The number of hydrogen-bond donors (Lipinski definition) is 2. The van der Waals surface area contributed by atoms with E-state index in [-0.39, 0.29) is 18.1 Å². The molecule has 1 aromatic rings. The normalized spacial score (nSPS) is 10.1. The summed E-state index contributed by atoms with van der Waals surface area (Å²) in [6, 6.07) is 6.86. The van der Waals surface area contributed by atoms with Crippen molar-refractivity contribution in [1.82, 2.24) is 5.32 Å². The Bertz CT molecular complexity index is 342. The number of para-hydroxylation sites is 1. The number of carbonyl (C=O) groups excluding carboxylic acids is 1. The average molecular weight is 242 g/mol.